The van der Waals surface area contributed by atoms with Crippen molar-refractivity contribution in [2.24, 2.45) is 5.41 Å². The molecule has 168 valence electrons. The Hall–Kier alpha value is -3.19. The van der Waals surface area contributed by atoms with Crippen LogP contribution in [0.4, 0.5) is 0 Å². The van der Waals surface area contributed by atoms with E-state index in [4.69, 9.17) is 4.74 Å². The lowest BCUT2D eigenvalue weighted by Crippen LogP contribution is -2.24. The highest BCUT2D eigenvalue weighted by Gasteiger charge is 2.28. The van der Waals surface area contributed by atoms with Gasteiger partial charge in [-0.15, -0.1) is 0 Å². The predicted octanol–water partition coefficient (Wildman–Crippen LogP) is 4.90. The molecule has 0 aromatic heterocycles. The lowest BCUT2D eigenvalue weighted by molar-refractivity contribution is -0.147. The summed E-state index contributed by atoms with van der Waals surface area (Å²) in [5.74, 6) is -0.696. The van der Waals surface area contributed by atoms with Crippen molar-refractivity contribution in [3.63, 3.8) is 0 Å². The molecule has 6 nitrogen and oxygen atoms in total. The minimum atomic E-state index is -3.29. The fourth-order valence-corrected chi connectivity index (χ4v) is 3.90. The van der Waals surface area contributed by atoms with Gasteiger partial charge in [0.05, 0.1) is 15.9 Å². The number of sulfone groups is 1. The molecule has 3 rings (SSSR count). The molecule has 0 amide bonds. The lowest BCUT2D eigenvalue weighted by atomic mass is 9.86. The van der Waals surface area contributed by atoms with E-state index in [1.807, 2.05) is 30.3 Å². The summed E-state index contributed by atoms with van der Waals surface area (Å²) in [6.45, 7) is 3.35. The van der Waals surface area contributed by atoms with Crippen molar-refractivity contribution in [3.8, 4) is 5.75 Å². The molecule has 0 unspecified atom stereocenters. The van der Waals surface area contributed by atoms with Crippen molar-refractivity contribution in [2.45, 2.75) is 38.2 Å². The zero-order chi connectivity index (χ0) is 23.5. The van der Waals surface area contributed by atoms with Gasteiger partial charge in [-0.05, 0) is 49.4 Å². The second kappa shape index (κ2) is 9.12. The first kappa shape index (κ1) is 23.5. The van der Waals surface area contributed by atoms with E-state index in [0.717, 1.165) is 22.6 Å². The maximum absolute atomic E-state index is 13.0. The monoisotopic (exact) mass is 454 g/mol. The normalized spacial score (nSPS) is 12.0. The maximum atomic E-state index is 13.0. The van der Waals surface area contributed by atoms with E-state index in [0.29, 0.717) is 11.3 Å². The quantitative estimate of drug-likeness (QED) is 0.462. The second-order valence-electron chi connectivity index (χ2n) is 8.48. The number of carboxylic acids is 1. The third-order valence-corrected chi connectivity index (χ3v) is 6.60. The van der Waals surface area contributed by atoms with Crippen molar-refractivity contribution < 1.29 is 27.9 Å². The minimum Gasteiger partial charge on any atom is -0.487 e. The molecular weight excluding hydrogens is 428 g/mol. The van der Waals surface area contributed by atoms with Crippen LogP contribution in [0, 0.1) is 5.41 Å². The maximum Gasteiger partial charge on any atom is 0.309 e. The van der Waals surface area contributed by atoms with Crippen LogP contribution in [-0.4, -0.2) is 31.5 Å². The molecule has 0 heterocycles. The van der Waals surface area contributed by atoms with Gasteiger partial charge in [-0.2, -0.15) is 0 Å². The first-order valence-electron chi connectivity index (χ1n) is 10.2. The Morgan fingerprint density at radius 2 is 1.62 bits per heavy atom. The summed E-state index contributed by atoms with van der Waals surface area (Å²) in [5, 5.41) is 11.0. The highest BCUT2D eigenvalue weighted by Crippen LogP contribution is 2.33. The summed E-state index contributed by atoms with van der Waals surface area (Å²) < 4.78 is 29.4. The van der Waals surface area contributed by atoms with E-state index < -0.39 is 21.2 Å². The van der Waals surface area contributed by atoms with Gasteiger partial charge in [0.15, 0.2) is 15.6 Å². The Balaban J connectivity index is 1.89. The van der Waals surface area contributed by atoms with Gasteiger partial charge in [0.25, 0.3) is 0 Å². The number of hydrogen-bond acceptors (Lipinski definition) is 5. The van der Waals surface area contributed by atoms with E-state index in [9.17, 15) is 23.1 Å². The molecule has 0 bridgehead atoms. The van der Waals surface area contributed by atoms with Crippen molar-refractivity contribution in [1.82, 2.24) is 0 Å². The van der Waals surface area contributed by atoms with Crippen molar-refractivity contribution in [3.05, 3.63) is 71.8 Å². The van der Waals surface area contributed by atoms with Crippen LogP contribution in [-0.2, 0) is 21.2 Å². The molecule has 3 aromatic carbocycles. The van der Waals surface area contributed by atoms with Crippen LogP contribution >= 0.6 is 0 Å². The number of benzene rings is 3. The van der Waals surface area contributed by atoms with Gasteiger partial charge in [-0.3, -0.25) is 9.59 Å². The third-order valence-electron chi connectivity index (χ3n) is 5.47. The summed E-state index contributed by atoms with van der Waals surface area (Å²) in [6, 6.07) is 17.5. The number of ketones is 1. The largest absolute Gasteiger partial charge is 0.487 e. The number of aliphatic carboxylic acids is 1. The topological polar surface area (TPSA) is 97.7 Å². The predicted molar refractivity (Wildman–Crippen MR) is 123 cm³/mol. The molecule has 0 saturated carbocycles. The summed E-state index contributed by atoms with van der Waals surface area (Å²) in [5.41, 5.74) is 0.155. The zero-order valence-electron chi connectivity index (χ0n) is 18.3. The van der Waals surface area contributed by atoms with Crippen LogP contribution in [0.1, 0.15) is 42.6 Å². The van der Waals surface area contributed by atoms with E-state index >= 15 is 0 Å². The number of rotatable bonds is 9. The zero-order valence-corrected chi connectivity index (χ0v) is 19.1. The van der Waals surface area contributed by atoms with Gasteiger partial charge < -0.3 is 9.84 Å². The molecule has 0 aliphatic rings. The van der Waals surface area contributed by atoms with Crippen LogP contribution in [0.3, 0.4) is 0 Å². The van der Waals surface area contributed by atoms with E-state index in [2.05, 4.69) is 0 Å². The molecule has 0 fully saturated rings. The van der Waals surface area contributed by atoms with Crippen molar-refractivity contribution in [2.75, 3.05) is 6.26 Å². The van der Waals surface area contributed by atoms with Gasteiger partial charge in [-0.1, -0.05) is 42.5 Å². The number of ether oxygens (including phenoxy) is 1. The number of fused-ring (bicyclic) bond motifs is 1. The average Bonchev–Trinajstić information content (AvgIpc) is 2.75. The van der Waals surface area contributed by atoms with Gasteiger partial charge in [0.1, 0.15) is 12.4 Å². The molecule has 0 spiro atoms. The molecule has 32 heavy (non-hydrogen) atoms. The highest BCUT2D eigenvalue weighted by atomic mass is 32.2. The molecule has 7 heteroatoms. The summed E-state index contributed by atoms with van der Waals surface area (Å²) >= 11 is 0. The van der Waals surface area contributed by atoms with Crippen LogP contribution in [0.5, 0.6) is 5.75 Å². The van der Waals surface area contributed by atoms with Gasteiger partial charge in [-0.25, -0.2) is 8.42 Å². The van der Waals surface area contributed by atoms with E-state index in [-0.39, 0.29) is 30.1 Å². The summed E-state index contributed by atoms with van der Waals surface area (Å²) in [7, 11) is -3.29. The van der Waals surface area contributed by atoms with Gasteiger partial charge in [0, 0.05) is 18.1 Å². The Morgan fingerprint density at radius 1 is 0.969 bits per heavy atom. The molecule has 0 aliphatic heterocycles. The van der Waals surface area contributed by atoms with Gasteiger partial charge >= 0.3 is 5.97 Å². The fourth-order valence-electron chi connectivity index (χ4n) is 3.27. The Kier molecular flexibility index (Phi) is 6.69. The third kappa shape index (κ3) is 5.34. The highest BCUT2D eigenvalue weighted by molar-refractivity contribution is 7.90. The Morgan fingerprint density at radius 3 is 2.25 bits per heavy atom. The SMILES string of the molecule is CC(C)(CCC(=O)c1ccc2ccccc2c1OCc1ccc(S(C)(=O)=O)cc1)C(=O)O. The standard InChI is InChI=1S/C25H26O6S/c1-25(2,24(27)28)15-14-22(26)21-13-10-18-6-4-5-7-20(18)23(21)31-16-17-8-11-19(12-9-17)32(3,29)30/h4-13H,14-16H2,1-3H3,(H,27,28). The smallest absolute Gasteiger partial charge is 0.309 e. The number of carboxylic acid groups (broad SMARTS) is 1. The molecule has 1 N–H and O–H groups in total. The van der Waals surface area contributed by atoms with E-state index in [1.54, 1.807) is 32.0 Å². The minimum absolute atomic E-state index is 0.0804. The molecule has 0 radical (unpaired) electrons. The first-order chi connectivity index (χ1) is 15.0. The number of hydrogen-bond donors (Lipinski definition) is 1. The summed E-state index contributed by atoms with van der Waals surface area (Å²) in [6.07, 6.45) is 1.44. The molecule has 3 aromatic rings. The molecular formula is C25H26O6S. The molecule has 0 aliphatic carbocycles. The van der Waals surface area contributed by atoms with Crippen molar-refractivity contribution >= 4 is 32.4 Å². The average molecular weight is 455 g/mol. The molecule has 0 atom stereocenters. The first-order valence-corrected chi connectivity index (χ1v) is 12.1. The van der Waals surface area contributed by atoms with Crippen LogP contribution in [0.15, 0.2) is 65.6 Å². The van der Waals surface area contributed by atoms with Crippen LogP contribution in [0.25, 0.3) is 10.8 Å². The van der Waals surface area contributed by atoms with E-state index in [1.165, 1.54) is 12.1 Å². The van der Waals surface area contributed by atoms with Crippen molar-refractivity contribution in [1.29, 1.82) is 0 Å². The Labute approximate surface area is 187 Å². The van der Waals surface area contributed by atoms with Crippen LogP contribution < -0.4 is 4.74 Å². The second-order valence-corrected chi connectivity index (χ2v) is 10.5. The lowest BCUT2D eigenvalue weighted by Gasteiger charge is -2.19. The molecule has 0 saturated heterocycles. The number of Topliss-reactive ketones (excluding diaryl/α,β-unsaturated/α-hetero) is 1. The van der Waals surface area contributed by atoms with Crippen LogP contribution in [0.2, 0.25) is 0 Å². The Bertz CT molecular complexity index is 1260. The fraction of sp³-hybridized carbons (Fsp3) is 0.280. The summed E-state index contributed by atoms with van der Waals surface area (Å²) in [4.78, 5) is 24.6. The number of carbonyl (C=O) groups excluding carboxylic acids is 1. The van der Waals surface area contributed by atoms with Gasteiger partial charge in [0.2, 0.25) is 0 Å². The number of carbonyl (C=O) groups is 2.